The first-order valence-corrected chi connectivity index (χ1v) is 8.04. The van der Waals surface area contributed by atoms with Crippen molar-refractivity contribution in [3.63, 3.8) is 0 Å². The van der Waals surface area contributed by atoms with Gasteiger partial charge < -0.3 is 10.6 Å². The molecule has 0 aromatic carbocycles. The van der Waals surface area contributed by atoms with Crippen LogP contribution < -0.4 is 10.6 Å². The Kier molecular flexibility index (Phi) is 3.26. The molecular formula is C16H28N2O. The second kappa shape index (κ2) is 4.68. The van der Waals surface area contributed by atoms with Gasteiger partial charge in [0.15, 0.2) is 0 Å². The Morgan fingerprint density at radius 2 is 1.42 bits per heavy atom. The third-order valence-corrected chi connectivity index (χ3v) is 5.77. The van der Waals surface area contributed by atoms with E-state index in [-0.39, 0.29) is 12.1 Å². The second-order valence-electron chi connectivity index (χ2n) is 7.77. The van der Waals surface area contributed by atoms with Gasteiger partial charge in [-0.3, -0.25) is 0 Å². The first kappa shape index (κ1) is 13.3. The standard InChI is InChI=1S/C16H28N2O/c1-10(2)17-15(19)18-11(3)16-7-12-4-13(8-16)6-14(5-12)9-16/h10-14H,4-9H2,1-3H3,(H2,17,18,19). The van der Waals surface area contributed by atoms with E-state index in [0.29, 0.717) is 11.5 Å². The molecule has 1 unspecified atom stereocenters. The monoisotopic (exact) mass is 264 g/mol. The number of nitrogens with one attached hydrogen (secondary N) is 2. The zero-order chi connectivity index (χ0) is 13.6. The number of rotatable bonds is 3. The van der Waals surface area contributed by atoms with E-state index in [2.05, 4.69) is 17.6 Å². The largest absolute Gasteiger partial charge is 0.336 e. The van der Waals surface area contributed by atoms with Crippen LogP contribution in [-0.4, -0.2) is 18.1 Å². The maximum atomic E-state index is 11.9. The Labute approximate surface area is 116 Å². The van der Waals surface area contributed by atoms with E-state index < -0.39 is 0 Å². The van der Waals surface area contributed by atoms with E-state index in [1.54, 1.807) is 0 Å². The molecule has 4 bridgehead atoms. The highest BCUT2D eigenvalue weighted by molar-refractivity contribution is 5.74. The van der Waals surface area contributed by atoms with Gasteiger partial charge in [0.2, 0.25) is 0 Å². The molecule has 0 aromatic heterocycles. The average Bonchev–Trinajstić information content (AvgIpc) is 2.25. The molecule has 1 atom stereocenters. The summed E-state index contributed by atoms with van der Waals surface area (Å²) in [6.45, 7) is 6.25. The van der Waals surface area contributed by atoms with Crippen LogP contribution in [0, 0.1) is 23.2 Å². The predicted molar refractivity (Wildman–Crippen MR) is 76.9 cm³/mol. The number of hydrogen-bond acceptors (Lipinski definition) is 1. The van der Waals surface area contributed by atoms with Crippen molar-refractivity contribution < 1.29 is 4.79 Å². The lowest BCUT2D eigenvalue weighted by atomic mass is 9.48. The van der Waals surface area contributed by atoms with Gasteiger partial charge in [-0.15, -0.1) is 0 Å². The number of urea groups is 1. The zero-order valence-corrected chi connectivity index (χ0v) is 12.5. The van der Waals surface area contributed by atoms with E-state index in [9.17, 15) is 4.79 Å². The minimum absolute atomic E-state index is 0.0123. The molecule has 4 aliphatic carbocycles. The molecular weight excluding hydrogens is 236 g/mol. The van der Waals surface area contributed by atoms with Crippen LogP contribution in [0.25, 0.3) is 0 Å². The molecule has 0 spiro atoms. The SMILES string of the molecule is CC(C)NC(=O)NC(C)C12CC3CC(CC(C3)C1)C2. The summed E-state index contributed by atoms with van der Waals surface area (Å²) in [5.41, 5.74) is 0.406. The number of hydrogen-bond donors (Lipinski definition) is 2. The van der Waals surface area contributed by atoms with Crippen molar-refractivity contribution in [2.45, 2.75) is 71.4 Å². The van der Waals surface area contributed by atoms with Gasteiger partial charge in [0, 0.05) is 12.1 Å². The fourth-order valence-electron chi connectivity index (χ4n) is 5.36. The maximum absolute atomic E-state index is 11.9. The third kappa shape index (κ3) is 2.48. The lowest BCUT2D eigenvalue weighted by Gasteiger charge is -2.59. The van der Waals surface area contributed by atoms with Crippen molar-refractivity contribution in [3.05, 3.63) is 0 Å². The fraction of sp³-hybridized carbons (Fsp3) is 0.938. The van der Waals surface area contributed by atoms with Gasteiger partial charge in [-0.1, -0.05) is 0 Å². The molecule has 0 aromatic rings. The average molecular weight is 264 g/mol. The van der Waals surface area contributed by atoms with Gasteiger partial charge in [0.25, 0.3) is 0 Å². The smallest absolute Gasteiger partial charge is 0.315 e. The summed E-state index contributed by atoms with van der Waals surface area (Å²) < 4.78 is 0. The van der Waals surface area contributed by atoms with E-state index in [1.165, 1.54) is 38.5 Å². The minimum Gasteiger partial charge on any atom is -0.336 e. The molecule has 0 radical (unpaired) electrons. The molecule has 4 fully saturated rings. The number of amides is 2. The van der Waals surface area contributed by atoms with Crippen LogP contribution in [0.5, 0.6) is 0 Å². The summed E-state index contributed by atoms with van der Waals surface area (Å²) in [5.74, 6) is 2.84. The fourth-order valence-corrected chi connectivity index (χ4v) is 5.36. The Hall–Kier alpha value is -0.730. The molecule has 4 aliphatic rings. The summed E-state index contributed by atoms with van der Waals surface area (Å²) in [4.78, 5) is 11.9. The normalized spacial score (nSPS) is 41.4. The maximum Gasteiger partial charge on any atom is 0.315 e. The highest BCUT2D eigenvalue weighted by Gasteiger charge is 2.53. The van der Waals surface area contributed by atoms with Crippen LogP contribution in [0.15, 0.2) is 0 Å². The lowest BCUT2D eigenvalue weighted by molar-refractivity contribution is -0.0682. The van der Waals surface area contributed by atoms with Crippen LogP contribution >= 0.6 is 0 Å². The highest BCUT2D eigenvalue weighted by Crippen LogP contribution is 2.61. The van der Waals surface area contributed by atoms with Gasteiger partial charge in [0.1, 0.15) is 0 Å². The predicted octanol–water partition coefficient (Wildman–Crippen LogP) is 3.30. The summed E-state index contributed by atoms with van der Waals surface area (Å²) in [6.07, 6.45) is 8.44. The van der Waals surface area contributed by atoms with Crippen molar-refractivity contribution in [2.24, 2.45) is 23.2 Å². The van der Waals surface area contributed by atoms with Crippen molar-refractivity contribution in [2.75, 3.05) is 0 Å². The van der Waals surface area contributed by atoms with Crippen molar-refractivity contribution in [1.29, 1.82) is 0 Å². The van der Waals surface area contributed by atoms with Crippen LogP contribution in [0.4, 0.5) is 4.79 Å². The van der Waals surface area contributed by atoms with E-state index in [4.69, 9.17) is 0 Å². The summed E-state index contributed by atoms with van der Waals surface area (Å²) in [7, 11) is 0. The molecule has 2 N–H and O–H groups in total. The summed E-state index contributed by atoms with van der Waals surface area (Å²) in [5, 5.41) is 6.17. The molecule has 4 rings (SSSR count). The van der Waals surface area contributed by atoms with E-state index in [0.717, 1.165) is 17.8 Å². The number of carbonyl (C=O) groups excluding carboxylic acids is 1. The Morgan fingerprint density at radius 3 is 1.84 bits per heavy atom. The molecule has 0 saturated heterocycles. The molecule has 0 heterocycles. The first-order valence-electron chi connectivity index (χ1n) is 8.04. The zero-order valence-electron chi connectivity index (χ0n) is 12.5. The molecule has 0 aliphatic heterocycles. The molecule has 4 saturated carbocycles. The van der Waals surface area contributed by atoms with E-state index in [1.807, 2.05) is 13.8 Å². The Balaban J connectivity index is 1.66. The van der Waals surface area contributed by atoms with Crippen LogP contribution in [0.2, 0.25) is 0 Å². The van der Waals surface area contributed by atoms with Crippen LogP contribution in [0.3, 0.4) is 0 Å². The Bertz CT molecular complexity index is 328. The number of carbonyl (C=O) groups is 1. The van der Waals surface area contributed by atoms with Crippen LogP contribution in [-0.2, 0) is 0 Å². The van der Waals surface area contributed by atoms with Gasteiger partial charge in [0.05, 0.1) is 0 Å². The second-order valence-corrected chi connectivity index (χ2v) is 7.77. The van der Waals surface area contributed by atoms with Gasteiger partial charge in [-0.2, -0.15) is 0 Å². The minimum atomic E-state index is 0.0123. The van der Waals surface area contributed by atoms with Crippen molar-refractivity contribution >= 4 is 6.03 Å². The van der Waals surface area contributed by atoms with Gasteiger partial charge in [-0.25, -0.2) is 4.79 Å². The quantitative estimate of drug-likeness (QED) is 0.807. The highest BCUT2D eigenvalue weighted by atomic mass is 16.2. The Morgan fingerprint density at radius 1 is 0.947 bits per heavy atom. The van der Waals surface area contributed by atoms with Crippen LogP contribution in [0.1, 0.15) is 59.3 Å². The van der Waals surface area contributed by atoms with Crippen molar-refractivity contribution in [1.82, 2.24) is 10.6 Å². The van der Waals surface area contributed by atoms with Gasteiger partial charge in [-0.05, 0) is 82.5 Å². The summed E-state index contributed by atoms with van der Waals surface area (Å²) >= 11 is 0. The first-order chi connectivity index (χ1) is 8.97. The molecule has 3 nitrogen and oxygen atoms in total. The van der Waals surface area contributed by atoms with Gasteiger partial charge >= 0.3 is 6.03 Å². The molecule has 2 amide bonds. The topological polar surface area (TPSA) is 41.1 Å². The molecule has 19 heavy (non-hydrogen) atoms. The van der Waals surface area contributed by atoms with Crippen molar-refractivity contribution in [3.8, 4) is 0 Å². The third-order valence-electron chi connectivity index (χ3n) is 5.77. The summed E-state index contributed by atoms with van der Waals surface area (Å²) in [6, 6.07) is 0.543. The lowest BCUT2D eigenvalue weighted by Crippen LogP contribution is -2.57. The molecule has 108 valence electrons. The molecule has 3 heteroatoms. The van der Waals surface area contributed by atoms with E-state index >= 15 is 0 Å².